The average molecular weight is 391 g/mol. The van der Waals surface area contributed by atoms with Crippen LogP contribution in [0.5, 0.6) is 5.75 Å². The van der Waals surface area contributed by atoms with E-state index < -0.39 is 15.9 Å². The summed E-state index contributed by atoms with van der Waals surface area (Å²) in [5.74, 6) is 0.339. The quantitative estimate of drug-likeness (QED) is 0.785. The number of benzene rings is 2. The van der Waals surface area contributed by atoms with Gasteiger partial charge in [-0.05, 0) is 36.1 Å². The van der Waals surface area contributed by atoms with E-state index in [9.17, 15) is 13.2 Å². The van der Waals surface area contributed by atoms with Crippen molar-refractivity contribution in [2.75, 3.05) is 29.5 Å². The van der Waals surface area contributed by atoms with Crippen molar-refractivity contribution in [3.8, 4) is 5.75 Å². The summed E-state index contributed by atoms with van der Waals surface area (Å²) in [7, 11) is -2.15. The summed E-state index contributed by atoms with van der Waals surface area (Å²) in [5.41, 5.74) is 3.05. The fraction of sp³-hybridized carbons (Fsp3) is 0.350. The Hall–Kier alpha value is -2.54. The monoisotopic (exact) mass is 390 g/mol. The summed E-state index contributed by atoms with van der Waals surface area (Å²) in [4.78, 5) is 12.7. The molecule has 6 nitrogen and oxygen atoms in total. The molecule has 27 heavy (non-hydrogen) atoms. The number of rotatable bonds is 7. The van der Waals surface area contributed by atoms with Gasteiger partial charge >= 0.3 is 0 Å². The highest BCUT2D eigenvalue weighted by molar-refractivity contribution is 7.92. The molecule has 0 unspecified atom stereocenters. The summed E-state index contributed by atoms with van der Waals surface area (Å²) < 4.78 is 30.8. The third-order valence-corrected chi connectivity index (χ3v) is 5.36. The molecule has 1 amide bonds. The Morgan fingerprint density at radius 1 is 1.19 bits per heavy atom. The molecule has 1 N–H and O–H groups in total. The van der Waals surface area contributed by atoms with Crippen LogP contribution in [0.15, 0.2) is 42.5 Å². The third kappa shape index (κ3) is 5.23. The van der Waals surface area contributed by atoms with Crippen molar-refractivity contribution in [2.45, 2.75) is 26.7 Å². The number of ether oxygens (including phenoxy) is 1. The van der Waals surface area contributed by atoms with Crippen LogP contribution in [-0.4, -0.2) is 34.2 Å². The number of carbonyl (C=O) groups is 1. The maximum Gasteiger partial charge on any atom is 0.245 e. The van der Waals surface area contributed by atoms with E-state index in [0.29, 0.717) is 11.4 Å². The van der Waals surface area contributed by atoms with Crippen LogP contribution in [0.2, 0.25) is 0 Å². The molecular formula is C20H26N2O4S. The van der Waals surface area contributed by atoms with Gasteiger partial charge in [-0.25, -0.2) is 8.42 Å². The molecule has 0 radical (unpaired) electrons. The average Bonchev–Trinajstić information content (AvgIpc) is 2.60. The summed E-state index contributed by atoms with van der Waals surface area (Å²) in [6.45, 7) is 5.68. The maximum absolute atomic E-state index is 12.7. The predicted molar refractivity (Wildman–Crippen MR) is 109 cm³/mol. The van der Waals surface area contributed by atoms with Gasteiger partial charge in [0.2, 0.25) is 15.9 Å². The van der Waals surface area contributed by atoms with E-state index in [1.165, 1.54) is 7.11 Å². The first-order valence-electron chi connectivity index (χ1n) is 8.64. The predicted octanol–water partition coefficient (Wildman–Crippen LogP) is 3.53. The minimum Gasteiger partial charge on any atom is -0.497 e. The van der Waals surface area contributed by atoms with E-state index in [4.69, 9.17) is 4.74 Å². The second-order valence-corrected chi connectivity index (χ2v) is 8.62. The maximum atomic E-state index is 12.7. The molecule has 0 aliphatic carbocycles. The first-order chi connectivity index (χ1) is 12.6. The van der Waals surface area contributed by atoms with Crippen LogP contribution in [0.25, 0.3) is 0 Å². The molecule has 2 aromatic carbocycles. The van der Waals surface area contributed by atoms with Gasteiger partial charge in [0.15, 0.2) is 0 Å². The SMILES string of the molecule is COc1cccc(N(CC(=O)Nc2c(C)cccc2C(C)C)S(C)(=O)=O)c1. The van der Waals surface area contributed by atoms with Gasteiger partial charge in [-0.15, -0.1) is 0 Å². The highest BCUT2D eigenvalue weighted by atomic mass is 32.2. The van der Waals surface area contributed by atoms with Crippen LogP contribution in [0.3, 0.4) is 0 Å². The van der Waals surface area contributed by atoms with E-state index in [-0.39, 0.29) is 12.5 Å². The molecule has 7 heteroatoms. The van der Waals surface area contributed by atoms with Gasteiger partial charge in [0.1, 0.15) is 12.3 Å². The number of anilines is 2. The summed E-state index contributed by atoms with van der Waals surface area (Å²) in [6.07, 6.45) is 1.08. The number of carbonyl (C=O) groups excluding carboxylic acids is 1. The topological polar surface area (TPSA) is 75.7 Å². The molecule has 0 aromatic heterocycles. The Bertz CT molecular complexity index is 923. The Balaban J connectivity index is 2.31. The molecule has 2 aromatic rings. The van der Waals surface area contributed by atoms with Gasteiger partial charge in [0.05, 0.1) is 19.1 Å². The van der Waals surface area contributed by atoms with Gasteiger partial charge in [-0.1, -0.05) is 38.1 Å². The summed E-state index contributed by atoms with van der Waals surface area (Å²) in [6, 6.07) is 12.4. The molecular weight excluding hydrogens is 364 g/mol. The van der Waals surface area contributed by atoms with Gasteiger partial charge in [-0.3, -0.25) is 9.10 Å². The standard InChI is InChI=1S/C20H26N2O4S/c1-14(2)18-11-6-8-15(3)20(18)21-19(23)13-22(27(5,24)25)16-9-7-10-17(12-16)26-4/h6-12,14H,13H2,1-5H3,(H,21,23). The van der Waals surface area contributed by atoms with Gasteiger partial charge in [0, 0.05) is 11.8 Å². The first kappa shape index (κ1) is 20.8. The number of hydrogen-bond acceptors (Lipinski definition) is 4. The zero-order valence-corrected chi connectivity index (χ0v) is 17.1. The van der Waals surface area contributed by atoms with E-state index in [1.807, 2.05) is 39.0 Å². The third-order valence-electron chi connectivity index (χ3n) is 4.22. The zero-order chi connectivity index (χ0) is 20.2. The molecule has 0 atom stereocenters. The lowest BCUT2D eigenvalue weighted by atomic mass is 9.98. The number of para-hydroxylation sites is 1. The molecule has 0 heterocycles. The van der Waals surface area contributed by atoms with Crippen LogP contribution < -0.4 is 14.4 Å². The highest BCUT2D eigenvalue weighted by Crippen LogP contribution is 2.28. The molecule has 0 saturated carbocycles. The van der Waals surface area contributed by atoms with Crippen molar-refractivity contribution in [3.05, 3.63) is 53.6 Å². The summed E-state index contributed by atoms with van der Waals surface area (Å²) in [5, 5.41) is 2.88. The lowest BCUT2D eigenvalue weighted by Crippen LogP contribution is -2.37. The van der Waals surface area contributed by atoms with Crippen molar-refractivity contribution < 1.29 is 17.9 Å². The number of hydrogen-bond donors (Lipinski definition) is 1. The van der Waals surface area contributed by atoms with E-state index in [2.05, 4.69) is 5.32 Å². The van der Waals surface area contributed by atoms with Gasteiger partial charge in [0.25, 0.3) is 0 Å². The van der Waals surface area contributed by atoms with Crippen molar-refractivity contribution in [1.82, 2.24) is 0 Å². The smallest absolute Gasteiger partial charge is 0.245 e. The minimum atomic E-state index is -3.65. The Morgan fingerprint density at radius 3 is 2.44 bits per heavy atom. The van der Waals surface area contributed by atoms with E-state index in [1.54, 1.807) is 24.3 Å². The fourth-order valence-corrected chi connectivity index (χ4v) is 3.67. The number of methoxy groups -OCH3 is 1. The molecule has 0 saturated heterocycles. The van der Waals surface area contributed by atoms with Crippen LogP contribution in [-0.2, 0) is 14.8 Å². The fourth-order valence-electron chi connectivity index (χ4n) is 2.82. The number of amides is 1. The number of nitrogens with one attached hydrogen (secondary N) is 1. The Labute approximate surface area is 161 Å². The molecule has 0 aliphatic heterocycles. The zero-order valence-electron chi connectivity index (χ0n) is 16.3. The van der Waals surface area contributed by atoms with Crippen molar-refractivity contribution in [3.63, 3.8) is 0 Å². The largest absolute Gasteiger partial charge is 0.497 e. The number of nitrogens with zero attached hydrogens (tertiary/aromatic N) is 1. The van der Waals surface area contributed by atoms with Crippen molar-refractivity contribution >= 4 is 27.3 Å². The number of sulfonamides is 1. The number of aryl methyl sites for hydroxylation is 1. The lowest BCUT2D eigenvalue weighted by Gasteiger charge is -2.23. The second kappa shape index (κ2) is 8.43. The lowest BCUT2D eigenvalue weighted by molar-refractivity contribution is -0.114. The minimum absolute atomic E-state index is 0.226. The highest BCUT2D eigenvalue weighted by Gasteiger charge is 2.22. The molecule has 0 aliphatic rings. The molecule has 0 fully saturated rings. The molecule has 2 rings (SSSR count). The van der Waals surface area contributed by atoms with E-state index in [0.717, 1.165) is 27.4 Å². The van der Waals surface area contributed by atoms with Crippen LogP contribution in [0.1, 0.15) is 30.9 Å². The van der Waals surface area contributed by atoms with Crippen molar-refractivity contribution in [2.24, 2.45) is 0 Å². The van der Waals surface area contributed by atoms with Crippen LogP contribution in [0.4, 0.5) is 11.4 Å². The molecule has 0 bridgehead atoms. The van der Waals surface area contributed by atoms with E-state index >= 15 is 0 Å². The van der Waals surface area contributed by atoms with Gasteiger partial charge < -0.3 is 10.1 Å². The molecule has 146 valence electrons. The molecule has 0 spiro atoms. The van der Waals surface area contributed by atoms with Crippen molar-refractivity contribution in [1.29, 1.82) is 0 Å². The Kier molecular flexibility index (Phi) is 6.49. The first-order valence-corrected chi connectivity index (χ1v) is 10.5. The van der Waals surface area contributed by atoms with Gasteiger partial charge in [-0.2, -0.15) is 0 Å². The summed E-state index contributed by atoms with van der Waals surface area (Å²) >= 11 is 0. The Morgan fingerprint density at radius 2 is 1.85 bits per heavy atom. The second-order valence-electron chi connectivity index (χ2n) is 6.71. The normalized spacial score (nSPS) is 11.3. The van der Waals surface area contributed by atoms with Crippen LogP contribution >= 0.6 is 0 Å². The van der Waals surface area contributed by atoms with Crippen LogP contribution in [0, 0.1) is 6.92 Å².